The minimum absolute atomic E-state index is 0.263. The van der Waals surface area contributed by atoms with Gasteiger partial charge in [-0.3, -0.25) is 4.79 Å². The van der Waals surface area contributed by atoms with Gasteiger partial charge in [-0.15, -0.1) is 0 Å². The van der Waals surface area contributed by atoms with Crippen LogP contribution in [0.2, 0.25) is 0 Å². The fourth-order valence-electron chi connectivity index (χ4n) is 1.25. The molecular formula is C11H24N2O. The van der Waals surface area contributed by atoms with Crippen molar-refractivity contribution >= 4 is 5.91 Å². The smallest absolute Gasteiger partial charge is 0.222 e. The molecule has 0 N–H and O–H groups in total. The second-order valence-electron chi connectivity index (χ2n) is 4.57. The van der Waals surface area contributed by atoms with Crippen LogP contribution in [0.5, 0.6) is 0 Å². The van der Waals surface area contributed by atoms with Gasteiger partial charge >= 0.3 is 0 Å². The van der Waals surface area contributed by atoms with Crippen molar-refractivity contribution in [3.05, 3.63) is 0 Å². The Morgan fingerprint density at radius 3 is 2.14 bits per heavy atom. The van der Waals surface area contributed by atoms with Gasteiger partial charge in [-0.05, 0) is 33.0 Å². The maximum absolute atomic E-state index is 11.5. The molecule has 84 valence electrons. The highest BCUT2D eigenvalue weighted by Crippen LogP contribution is 2.03. The van der Waals surface area contributed by atoms with Crippen molar-refractivity contribution in [1.82, 2.24) is 9.80 Å². The molecule has 0 spiro atoms. The van der Waals surface area contributed by atoms with Crippen LogP contribution in [0.4, 0.5) is 0 Å². The minimum atomic E-state index is 0.263. The van der Waals surface area contributed by atoms with Gasteiger partial charge < -0.3 is 9.80 Å². The summed E-state index contributed by atoms with van der Waals surface area (Å²) in [6.07, 6.45) is 1.71. The first-order valence-electron chi connectivity index (χ1n) is 5.32. The lowest BCUT2D eigenvalue weighted by atomic mass is 10.1. The van der Waals surface area contributed by atoms with E-state index in [1.807, 2.05) is 11.9 Å². The third-order valence-electron chi connectivity index (χ3n) is 2.11. The molecule has 0 aliphatic rings. The molecule has 0 aliphatic heterocycles. The lowest BCUT2D eigenvalue weighted by Gasteiger charge is -2.19. The van der Waals surface area contributed by atoms with Crippen LogP contribution < -0.4 is 0 Å². The Morgan fingerprint density at radius 2 is 1.71 bits per heavy atom. The first kappa shape index (κ1) is 13.4. The fraction of sp³-hybridized carbons (Fsp3) is 0.909. The topological polar surface area (TPSA) is 23.6 Å². The van der Waals surface area contributed by atoms with Gasteiger partial charge in [-0.1, -0.05) is 13.8 Å². The Kier molecular flexibility index (Phi) is 6.54. The third-order valence-corrected chi connectivity index (χ3v) is 2.11. The molecule has 0 atom stereocenters. The van der Waals surface area contributed by atoms with Crippen LogP contribution in [0.1, 0.15) is 26.7 Å². The number of hydrogen-bond donors (Lipinski definition) is 0. The summed E-state index contributed by atoms with van der Waals surface area (Å²) in [5, 5.41) is 0. The van der Waals surface area contributed by atoms with Crippen LogP contribution >= 0.6 is 0 Å². The van der Waals surface area contributed by atoms with Crippen molar-refractivity contribution in [2.75, 3.05) is 34.2 Å². The average Bonchev–Trinajstić information content (AvgIpc) is 2.01. The Labute approximate surface area is 88.1 Å². The highest BCUT2D eigenvalue weighted by Gasteiger charge is 2.09. The summed E-state index contributed by atoms with van der Waals surface area (Å²) in [7, 11) is 5.99. The molecule has 0 saturated heterocycles. The van der Waals surface area contributed by atoms with E-state index in [0.717, 1.165) is 19.5 Å². The summed E-state index contributed by atoms with van der Waals surface area (Å²) in [5.41, 5.74) is 0. The lowest BCUT2D eigenvalue weighted by molar-refractivity contribution is -0.130. The molecule has 0 unspecified atom stereocenters. The SMILES string of the molecule is CC(C)CC(=O)N(C)CCCN(C)C. The summed E-state index contributed by atoms with van der Waals surface area (Å²) in [6.45, 7) is 6.06. The Balaban J connectivity index is 3.62. The highest BCUT2D eigenvalue weighted by molar-refractivity contribution is 5.75. The molecule has 0 radical (unpaired) electrons. The normalized spacial score (nSPS) is 11.1. The van der Waals surface area contributed by atoms with Gasteiger partial charge in [0.15, 0.2) is 0 Å². The molecule has 0 heterocycles. The van der Waals surface area contributed by atoms with Crippen molar-refractivity contribution in [1.29, 1.82) is 0 Å². The van der Waals surface area contributed by atoms with Gasteiger partial charge in [-0.25, -0.2) is 0 Å². The van der Waals surface area contributed by atoms with Crippen LogP contribution in [0, 0.1) is 5.92 Å². The molecule has 1 amide bonds. The maximum atomic E-state index is 11.5. The maximum Gasteiger partial charge on any atom is 0.222 e. The predicted octanol–water partition coefficient (Wildman–Crippen LogP) is 1.44. The molecule has 0 aliphatic carbocycles. The molecule has 0 saturated carbocycles. The fourth-order valence-corrected chi connectivity index (χ4v) is 1.25. The Hall–Kier alpha value is -0.570. The zero-order chi connectivity index (χ0) is 11.1. The van der Waals surface area contributed by atoms with Gasteiger partial charge in [0.05, 0.1) is 0 Å². The van der Waals surface area contributed by atoms with Crippen LogP contribution in [0.3, 0.4) is 0 Å². The number of carbonyl (C=O) groups is 1. The zero-order valence-corrected chi connectivity index (χ0v) is 10.2. The standard InChI is InChI=1S/C11H24N2O/c1-10(2)9-11(14)13(5)8-6-7-12(3)4/h10H,6-9H2,1-5H3. The molecule has 14 heavy (non-hydrogen) atoms. The monoisotopic (exact) mass is 200 g/mol. The second-order valence-corrected chi connectivity index (χ2v) is 4.57. The van der Waals surface area contributed by atoms with E-state index in [9.17, 15) is 4.79 Å². The molecule has 0 aromatic carbocycles. The average molecular weight is 200 g/mol. The number of hydrogen-bond acceptors (Lipinski definition) is 2. The summed E-state index contributed by atoms with van der Waals surface area (Å²) < 4.78 is 0. The highest BCUT2D eigenvalue weighted by atomic mass is 16.2. The van der Waals surface area contributed by atoms with Crippen LogP contribution in [-0.4, -0.2) is 49.9 Å². The minimum Gasteiger partial charge on any atom is -0.346 e. The van der Waals surface area contributed by atoms with Crippen LogP contribution in [0.15, 0.2) is 0 Å². The van der Waals surface area contributed by atoms with Gasteiger partial charge in [0.2, 0.25) is 5.91 Å². The molecule has 0 rings (SSSR count). The predicted molar refractivity (Wildman–Crippen MR) is 60.3 cm³/mol. The van der Waals surface area contributed by atoms with Crippen LogP contribution in [-0.2, 0) is 4.79 Å². The van der Waals surface area contributed by atoms with E-state index in [-0.39, 0.29) is 5.91 Å². The second kappa shape index (κ2) is 6.82. The lowest BCUT2D eigenvalue weighted by Crippen LogP contribution is -2.30. The number of carbonyl (C=O) groups excluding carboxylic acids is 1. The van der Waals surface area contributed by atoms with Crippen molar-refractivity contribution in [2.24, 2.45) is 5.92 Å². The summed E-state index contributed by atoms with van der Waals surface area (Å²) >= 11 is 0. The summed E-state index contributed by atoms with van der Waals surface area (Å²) in [5.74, 6) is 0.720. The molecule has 3 heteroatoms. The van der Waals surface area contributed by atoms with Crippen molar-refractivity contribution in [3.8, 4) is 0 Å². The Morgan fingerprint density at radius 1 is 1.14 bits per heavy atom. The number of amides is 1. The van der Waals surface area contributed by atoms with E-state index in [1.54, 1.807) is 0 Å². The molecule has 0 fully saturated rings. The Bertz CT molecular complexity index is 167. The van der Waals surface area contributed by atoms with E-state index >= 15 is 0 Å². The quantitative estimate of drug-likeness (QED) is 0.648. The molecule has 0 aromatic rings. The van der Waals surface area contributed by atoms with E-state index in [1.165, 1.54) is 0 Å². The van der Waals surface area contributed by atoms with E-state index < -0.39 is 0 Å². The number of rotatable bonds is 6. The molecule has 0 bridgehead atoms. The van der Waals surface area contributed by atoms with Crippen molar-refractivity contribution in [2.45, 2.75) is 26.7 Å². The molecule has 3 nitrogen and oxygen atoms in total. The van der Waals surface area contributed by atoms with E-state index in [2.05, 4.69) is 32.8 Å². The van der Waals surface area contributed by atoms with Gasteiger partial charge in [-0.2, -0.15) is 0 Å². The van der Waals surface area contributed by atoms with Gasteiger partial charge in [0, 0.05) is 20.0 Å². The zero-order valence-electron chi connectivity index (χ0n) is 10.2. The van der Waals surface area contributed by atoms with Crippen LogP contribution in [0.25, 0.3) is 0 Å². The van der Waals surface area contributed by atoms with E-state index in [4.69, 9.17) is 0 Å². The summed E-state index contributed by atoms with van der Waals surface area (Å²) in [4.78, 5) is 15.5. The van der Waals surface area contributed by atoms with E-state index in [0.29, 0.717) is 12.3 Å². The largest absolute Gasteiger partial charge is 0.346 e. The number of nitrogens with zero attached hydrogens (tertiary/aromatic N) is 2. The van der Waals surface area contributed by atoms with Gasteiger partial charge in [0.1, 0.15) is 0 Å². The molecular weight excluding hydrogens is 176 g/mol. The third kappa shape index (κ3) is 6.89. The van der Waals surface area contributed by atoms with Crippen molar-refractivity contribution < 1.29 is 4.79 Å². The first-order valence-corrected chi connectivity index (χ1v) is 5.32. The first-order chi connectivity index (χ1) is 6.43. The summed E-state index contributed by atoms with van der Waals surface area (Å²) in [6, 6.07) is 0. The molecule has 0 aromatic heterocycles. The van der Waals surface area contributed by atoms with Crippen molar-refractivity contribution in [3.63, 3.8) is 0 Å². The van der Waals surface area contributed by atoms with Gasteiger partial charge in [0.25, 0.3) is 0 Å².